The van der Waals surface area contributed by atoms with Gasteiger partial charge in [-0.3, -0.25) is 0 Å². The van der Waals surface area contributed by atoms with E-state index in [4.69, 9.17) is 25.8 Å². The molecule has 0 radical (unpaired) electrons. The third kappa shape index (κ3) is 28.1. The van der Waals surface area contributed by atoms with Gasteiger partial charge in [-0.15, -0.1) is 0 Å². The van der Waals surface area contributed by atoms with E-state index in [1.54, 1.807) is 12.1 Å². The van der Waals surface area contributed by atoms with Crippen LogP contribution < -0.4 is 14.2 Å². The molecule has 9 rings (SSSR count). The molecule has 0 aliphatic carbocycles. The monoisotopic (exact) mass is 1160 g/mol. The summed E-state index contributed by atoms with van der Waals surface area (Å²) in [5.74, 6) is 6.20. The molecule has 9 aromatic carbocycles. The number of rotatable bonds is 14. The van der Waals surface area contributed by atoms with E-state index in [-0.39, 0.29) is 11.2 Å². The van der Waals surface area contributed by atoms with Crippen molar-refractivity contribution >= 4 is 17.7 Å². The molecule has 0 aliphatic rings. The lowest BCUT2D eigenvalue weighted by molar-refractivity contribution is 0.437. The maximum absolute atomic E-state index is 13.4. The Morgan fingerprint density at radius 2 is 0.753 bits per heavy atom. The lowest BCUT2D eigenvalue weighted by atomic mass is 9.86. The molecule has 0 atom stereocenters. The van der Waals surface area contributed by atoms with Gasteiger partial charge in [-0.05, 0) is 171 Å². The maximum Gasteiger partial charge on any atom is 0.168 e. The van der Waals surface area contributed by atoms with Gasteiger partial charge >= 0.3 is 0 Å². The van der Waals surface area contributed by atoms with Gasteiger partial charge in [0.05, 0.1) is 0 Å². The van der Waals surface area contributed by atoms with Gasteiger partial charge in [-0.1, -0.05) is 267 Å². The lowest BCUT2D eigenvalue weighted by Gasteiger charge is -2.19. The van der Waals surface area contributed by atoms with Gasteiger partial charge in [0.1, 0.15) is 34.6 Å². The Bertz CT molecular complexity index is 3220. The summed E-state index contributed by atoms with van der Waals surface area (Å²) in [4.78, 5) is 0. The van der Waals surface area contributed by atoms with Crippen LogP contribution in [0.15, 0.2) is 237 Å². The van der Waals surface area contributed by atoms with Crippen molar-refractivity contribution in [2.24, 2.45) is 11.8 Å². The number of allylic oxidation sites excluding steroid dienone is 1. The number of ether oxygens (including phenoxy) is 3. The highest BCUT2D eigenvalue weighted by molar-refractivity contribution is 6.30. The Hall–Kier alpha value is -7.73. The number of halogens is 3. The van der Waals surface area contributed by atoms with Crippen LogP contribution in [-0.2, 0) is 11.8 Å². The molecule has 0 unspecified atom stereocenters. The zero-order valence-electron chi connectivity index (χ0n) is 53.1. The number of hydrogen-bond donors (Lipinski definition) is 0. The molecule has 0 amide bonds. The fourth-order valence-electron chi connectivity index (χ4n) is 8.03. The lowest BCUT2D eigenvalue weighted by Crippen LogP contribution is -2.10. The molecule has 9 aromatic rings. The highest BCUT2D eigenvalue weighted by Crippen LogP contribution is 2.29. The minimum Gasteiger partial charge on any atom is -0.457 e. The van der Waals surface area contributed by atoms with Crippen molar-refractivity contribution in [2.45, 2.75) is 139 Å². The van der Waals surface area contributed by atoms with Crippen molar-refractivity contribution in [2.75, 3.05) is 0 Å². The predicted molar refractivity (Wildman–Crippen MR) is 361 cm³/mol. The SMILES string of the molecule is CC(C)/C=C/c1ccccc1.CC(C)Cc1ccccc1.CC(C)c1ccc(C(C)(C)C)cc1.CC(C)c1ccc(Oc2ccc(Cl)cc2)cc1.CC(C)c1ccc(Oc2ccc(F)cc2F)cc1.CC(C)c1ccc(Oc2ccccc2)cc1. The molecular weight excluding hydrogens is 1070 g/mol. The van der Waals surface area contributed by atoms with Crippen LogP contribution in [0.1, 0.15) is 166 Å². The molecule has 0 heterocycles. The highest BCUT2D eigenvalue weighted by atomic mass is 35.5. The average molecular weight is 1160 g/mol. The molecule has 0 fully saturated rings. The van der Waals surface area contributed by atoms with E-state index in [1.807, 2.05) is 97.1 Å². The first kappa shape index (κ1) is 69.8. The average Bonchev–Trinajstić information content (AvgIpc) is 3.59. The van der Waals surface area contributed by atoms with E-state index in [9.17, 15) is 8.78 Å². The zero-order chi connectivity index (χ0) is 62.3. The number of hydrogen-bond acceptors (Lipinski definition) is 3. The molecule has 448 valence electrons. The van der Waals surface area contributed by atoms with Crippen LogP contribution in [0.3, 0.4) is 0 Å². The molecule has 85 heavy (non-hydrogen) atoms. The molecular formula is C79H93ClF2O3. The van der Waals surface area contributed by atoms with Crippen molar-refractivity contribution in [3.63, 3.8) is 0 Å². The fourth-order valence-corrected chi connectivity index (χ4v) is 8.16. The van der Waals surface area contributed by atoms with E-state index < -0.39 is 11.6 Å². The van der Waals surface area contributed by atoms with E-state index in [2.05, 4.69) is 219 Å². The van der Waals surface area contributed by atoms with Gasteiger partial charge in [-0.2, -0.15) is 0 Å². The second-order valence-corrected chi connectivity index (χ2v) is 24.4. The molecule has 0 saturated heterocycles. The van der Waals surface area contributed by atoms with Crippen LogP contribution in [0.5, 0.6) is 34.5 Å². The minimum atomic E-state index is -0.706. The Kier molecular flexibility index (Phi) is 30.3. The van der Waals surface area contributed by atoms with Crippen LogP contribution in [0.25, 0.3) is 6.08 Å². The highest BCUT2D eigenvalue weighted by Gasteiger charge is 2.13. The molecule has 3 nitrogen and oxygen atoms in total. The molecule has 0 aliphatic heterocycles. The summed E-state index contributed by atoms with van der Waals surface area (Å²) in [5.41, 5.74) is 9.66. The van der Waals surface area contributed by atoms with Crippen molar-refractivity contribution in [1.82, 2.24) is 0 Å². The Morgan fingerprint density at radius 3 is 1.12 bits per heavy atom. The Morgan fingerprint density at radius 1 is 0.400 bits per heavy atom. The van der Waals surface area contributed by atoms with Gasteiger partial charge in [0.25, 0.3) is 0 Å². The predicted octanol–water partition coefficient (Wildman–Crippen LogP) is 25.1. The van der Waals surface area contributed by atoms with Crippen molar-refractivity contribution in [1.29, 1.82) is 0 Å². The minimum absolute atomic E-state index is 0.0219. The van der Waals surface area contributed by atoms with E-state index in [0.717, 1.165) is 35.0 Å². The van der Waals surface area contributed by atoms with Gasteiger partial charge < -0.3 is 14.2 Å². The van der Waals surface area contributed by atoms with Crippen LogP contribution in [-0.4, -0.2) is 0 Å². The maximum atomic E-state index is 13.4. The summed E-state index contributed by atoms with van der Waals surface area (Å²) >= 11 is 5.81. The third-order valence-corrected chi connectivity index (χ3v) is 13.4. The van der Waals surface area contributed by atoms with Crippen molar-refractivity contribution in [3.8, 4) is 34.5 Å². The van der Waals surface area contributed by atoms with Crippen molar-refractivity contribution in [3.05, 3.63) is 292 Å². The summed E-state index contributed by atoms with van der Waals surface area (Å²) in [6.45, 7) is 33.0. The Labute approximate surface area is 515 Å². The first-order valence-corrected chi connectivity index (χ1v) is 30.3. The van der Waals surface area contributed by atoms with Crippen LogP contribution in [0.2, 0.25) is 5.02 Å². The van der Waals surface area contributed by atoms with Gasteiger partial charge in [0.2, 0.25) is 0 Å². The van der Waals surface area contributed by atoms with E-state index in [0.29, 0.717) is 40.4 Å². The summed E-state index contributed by atoms with van der Waals surface area (Å²) in [7, 11) is 0. The smallest absolute Gasteiger partial charge is 0.168 e. The normalized spacial score (nSPS) is 10.9. The quantitative estimate of drug-likeness (QED) is 0.109. The fraction of sp³-hybridized carbons (Fsp3) is 0.291. The topological polar surface area (TPSA) is 27.7 Å². The molecule has 0 N–H and O–H groups in total. The molecule has 0 aromatic heterocycles. The molecule has 0 saturated carbocycles. The summed E-state index contributed by atoms with van der Waals surface area (Å²) in [6, 6.07) is 74.2. The van der Waals surface area contributed by atoms with Crippen LogP contribution in [0.4, 0.5) is 8.78 Å². The summed E-state index contributed by atoms with van der Waals surface area (Å²) in [6.07, 6.45) is 5.56. The first-order valence-electron chi connectivity index (χ1n) is 29.9. The van der Waals surface area contributed by atoms with E-state index >= 15 is 0 Å². The summed E-state index contributed by atoms with van der Waals surface area (Å²) in [5, 5.41) is 0.715. The Balaban J connectivity index is 0.000000221. The molecule has 0 bridgehead atoms. The second kappa shape index (κ2) is 36.9. The zero-order valence-corrected chi connectivity index (χ0v) is 53.9. The van der Waals surface area contributed by atoms with Crippen molar-refractivity contribution < 1.29 is 23.0 Å². The standard InChI is InChI=1S/C15H15ClO.C15H14F2O.C15H16O.C13H20.C11H14.C10H14/c1-11(2)12-3-7-14(8-4-12)17-15-9-5-13(16)6-10-15;1-10(2)11-3-6-13(7-4-11)18-15-8-5-12(16)9-14(15)17;1-12(2)13-8-10-15(11-9-13)16-14-6-4-3-5-7-14;1-10(2)11-6-8-12(9-7-11)13(3,4)5;1-10(2)8-9-11-6-4-3-5-7-11;1-9(2)8-10-6-4-3-5-7-10/h3-11H,1-2H3;3-10H,1-2H3;3-12H,1-2H3;6-10H,1-5H3;3-10H,1-2H3;3-7,9H,8H2,1-2H3/b;;;;9-8+;. The largest absolute Gasteiger partial charge is 0.457 e. The number of benzene rings is 9. The van der Waals surface area contributed by atoms with Crippen LogP contribution >= 0.6 is 11.6 Å². The molecule has 0 spiro atoms. The summed E-state index contributed by atoms with van der Waals surface area (Å²) < 4.78 is 42.9. The van der Waals surface area contributed by atoms with Gasteiger partial charge in [0.15, 0.2) is 11.6 Å². The first-order chi connectivity index (χ1) is 40.4. The second-order valence-electron chi connectivity index (χ2n) is 23.9. The van der Waals surface area contributed by atoms with Gasteiger partial charge in [-0.25, -0.2) is 8.78 Å². The number of para-hydroxylation sites is 1. The third-order valence-electron chi connectivity index (χ3n) is 13.2. The molecule has 6 heteroatoms. The van der Waals surface area contributed by atoms with Crippen LogP contribution in [0, 0.1) is 23.5 Å². The van der Waals surface area contributed by atoms with Gasteiger partial charge in [0, 0.05) is 11.1 Å². The van der Waals surface area contributed by atoms with E-state index in [1.165, 1.54) is 57.5 Å².